The molecule has 23 heavy (non-hydrogen) atoms. The smallest absolute Gasteiger partial charge is 0.227 e. The highest BCUT2D eigenvalue weighted by Gasteiger charge is 2.25. The second-order valence-corrected chi connectivity index (χ2v) is 7.45. The Kier molecular flexibility index (Phi) is 5.10. The summed E-state index contributed by atoms with van der Waals surface area (Å²) in [6, 6.07) is 1.99. The maximum absolute atomic E-state index is 12.2. The van der Waals surface area contributed by atoms with E-state index in [4.69, 9.17) is 4.52 Å². The molecule has 0 aromatic carbocycles. The van der Waals surface area contributed by atoms with Crippen LogP contribution in [0.5, 0.6) is 0 Å². The average Bonchev–Trinajstić information content (AvgIpc) is 3.17. The average molecular weight is 333 g/mol. The first-order chi connectivity index (χ1) is 11.1. The van der Waals surface area contributed by atoms with Gasteiger partial charge in [0.2, 0.25) is 17.6 Å². The first-order valence-corrected chi connectivity index (χ1v) is 9.19. The number of carbonyl (C=O) groups is 1. The Hall–Kier alpha value is -1.69. The highest BCUT2D eigenvalue weighted by atomic mass is 32.1. The molecule has 5 nitrogen and oxygen atoms in total. The van der Waals surface area contributed by atoms with Crippen molar-refractivity contribution in [1.29, 1.82) is 0 Å². The van der Waals surface area contributed by atoms with E-state index in [0.717, 1.165) is 37.9 Å². The molecule has 2 aromatic heterocycles. The molecule has 124 valence electrons. The van der Waals surface area contributed by atoms with E-state index in [1.807, 2.05) is 21.7 Å². The molecule has 1 aliphatic heterocycles. The monoisotopic (exact) mass is 333 g/mol. The van der Waals surface area contributed by atoms with E-state index in [1.54, 1.807) is 11.3 Å². The van der Waals surface area contributed by atoms with Gasteiger partial charge in [0.25, 0.3) is 0 Å². The molecule has 0 saturated carbocycles. The lowest BCUT2D eigenvalue weighted by Crippen LogP contribution is -2.40. The Morgan fingerprint density at radius 1 is 1.52 bits per heavy atom. The molecule has 0 spiro atoms. The van der Waals surface area contributed by atoms with Crippen molar-refractivity contribution in [3.63, 3.8) is 0 Å². The van der Waals surface area contributed by atoms with Gasteiger partial charge in [-0.15, -0.1) is 0 Å². The molecule has 1 saturated heterocycles. The normalized spacial score (nSPS) is 18.6. The largest absolute Gasteiger partial charge is 0.342 e. The number of hydrogen-bond acceptors (Lipinski definition) is 5. The van der Waals surface area contributed by atoms with Crippen LogP contribution in [0.2, 0.25) is 0 Å². The molecule has 6 heteroatoms. The predicted molar refractivity (Wildman–Crippen MR) is 90.1 cm³/mol. The molecule has 3 rings (SSSR count). The molecule has 0 bridgehead atoms. The van der Waals surface area contributed by atoms with Crippen molar-refractivity contribution < 1.29 is 9.32 Å². The maximum Gasteiger partial charge on any atom is 0.227 e. The van der Waals surface area contributed by atoms with Gasteiger partial charge in [-0.1, -0.05) is 19.0 Å². The van der Waals surface area contributed by atoms with Gasteiger partial charge in [-0.25, -0.2) is 0 Å². The van der Waals surface area contributed by atoms with Crippen LogP contribution in [0, 0.1) is 11.8 Å². The van der Waals surface area contributed by atoms with Gasteiger partial charge in [-0.05, 0) is 36.1 Å². The van der Waals surface area contributed by atoms with Gasteiger partial charge in [-0.2, -0.15) is 16.3 Å². The Morgan fingerprint density at radius 3 is 3.13 bits per heavy atom. The SMILES string of the molecule is CC(C)CC(=O)N1CCCC(Cc2nc(-c3ccsc3)no2)C1. The van der Waals surface area contributed by atoms with Crippen molar-refractivity contribution in [3.8, 4) is 11.4 Å². The van der Waals surface area contributed by atoms with Crippen LogP contribution in [0.25, 0.3) is 11.4 Å². The van der Waals surface area contributed by atoms with Crippen LogP contribution in [-0.2, 0) is 11.2 Å². The molecule has 1 atom stereocenters. The topological polar surface area (TPSA) is 59.2 Å². The van der Waals surface area contributed by atoms with Gasteiger partial charge < -0.3 is 9.42 Å². The number of nitrogens with zero attached hydrogens (tertiary/aromatic N) is 3. The summed E-state index contributed by atoms with van der Waals surface area (Å²) in [6.45, 7) is 5.86. The zero-order chi connectivity index (χ0) is 16.2. The molecule has 1 unspecified atom stereocenters. The van der Waals surface area contributed by atoms with E-state index in [2.05, 4.69) is 24.0 Å². The summed E-state index contributed by atoms with van der Waals surface area (Å²) >= 11 is 1.62. The Bertz CT molecular complexity index is 636. The summed E-state index contributed by atoms with van der Waals surface area (Å²) in [5.41, 5.74) is 1.00. The van der Waals surface area contributed by atoms with Crippen LogP contribution in [-0.4, -0.2) is 34.0 Å². The van der Waals surface area contributed by atoms with E-state index in [9.17, 15) is 4.79 Å². The number of thiophene rings is 1. The maximum atomic E-state index is 12.2. The number of hydrogen-bond donors (Lipinski definition) is 0. The zero-order valence-corrected chi connectivity index (χ0v) is 14.5. The fourth-order valence-electron chi connectivity index (χ4n) is 3.03. The van der Waals surface area contributed by atoms with Crippen molar-refractivity contribution in [2.75, 3.05) is 13.1 Å². The standard InChI is InChI=1S/C17H23N3O2S/c1-12(2)8-16(21)20-6-3-4-13(10-20)9-15-18-17(19-22-15)14-5-7-23-11-14/h5,7,11-13H,3-4,6,8-10H2,1-2H3. The van der Waals surface area contributed by atoms with Gasteiger partial charge in [0, 0.05) is 36.9 Å². The first-order valence-electron chi connectivity index (χ1n) is 8.24. The molecular formula is C17H23N3O2S. The molecule has 0 aliphatic carbocycles. The third-order valence-electron chi connectivity index (χ3n) is 4.17. The molecule has 1 amide bonds. The molecule has 1 aliphatic rings. The lowest BCUT2D eigenvalue weighted by atomic mass is 9.94. The summed E-state index contributed by atoms with van der Waals surface area (Å²) in [5, 5.41) is 8.08. The van der Waals surface area contributed by atoms with Gasteiger partial charge in [0.15, 0.2) is 0 Å². The number of amides is 1. The van der Waals surface area contributed by atoms with Gasteiger partial charge in [-0.3, -0.25) is 4.79 Å². The summed E-state index contributed by atoms with van der Waals surface area (Å²) in [5.74, 6) is 2.43. The van der Waals surface area contributed by atoms with Crippen LogP contribution in [0.3, 0.4) is 0 Å². The minimum absolute atomic E-state index is 0.272. The number of aromatic nitrogens is 2. The Morgan fingerprint density at radius 2 is 2.39 bits per heavy atom. The van der Waals surface area contributed by atoms with Crippen molar-refractivity contribution in [2.45, 2.75) is 39.5 Å². The van der Waals surface area contributed by atoms with E-state index in [0.29, 0.717) is 30.0 Å². The van der Waals surface area contributed by atoms with Crippen molar-refractivity contribution >= 4 is 17.2 Å². The molecule has 0 N–H and O–H groups in total. The van der Waals surface area contributed by atoms with Crippen LogP contribution < -0.4 is 0 Å². The molecular weight excluding hydrogens is 310 g/mol. The second kappa shape index (κ2) is 7.25. The third kappa shape index (κ3) is 4.19. The van der Waals surface area contributed by atoms with Crippen molar-refractivity contribution in [2.24, 2.45) is 11.8 Å². The van der Waals surface area contributed by atoms with Crippen molar-refractivity contribution in [1.82, 2.24) is 15.0 Å². The first kappa shape index (κ1) is 16.2. The number of carbonyl (C=O) groups excluding carboxylic acids is 1. The van der Waals surface area contributed by atoms with E-state index < -0.39 is 0 Å². The zero-order valence-electron chi connectivity index (χ0n) is 13.7. The molecule has 0 radical (unpaired) electrons. The molecule has 2 aromatic rings. The van der Waals surface area contributed by atoms with Crippen LogP contribution in [0.4, 0.5) is 0 Å². The highest BCUT2D eigenvalue weighted by Crippen LogP contribution is 2.23. The van der Waals surface area contributed by atoms with Gasteiger partial charge >= 0.3 is 0 Å². The Balaban J connectivity index is 1.58. The summed E-state index contributed by atoms with van der Waals surface area (Å²) in [4.78, 5) is 18.7. The molecule has 1 fully saturated rings. The van der Waals surface area contributed by atoms with Crippen LogP contribution >= 0.6 is 11.3 Å². The summed E-state index contributed by atoms with van der Waals surface area (Å²) in [7, 11) is 0. The predicted octanol–water partition coefficient (Wildman–Crippen LogP) is 3.63. The molecule has 3 heterocycles. The van der Waals surface area contributed by atoms with Crippen LogP contribution in [0.15, 0.2) is 21.3 Å². The summed E-state index contributed by atoms with van der Waals surface area (Å²) < 4.78 is 5.39. The van der Waals surface area contributed by atoms with Crippen LogP contribution in [0.1, 0.15) is 39.0 Å². The fourth-order valence-corrected chi connectivity index (χ4v) is 3.66. The van der Waals surface area contributed by atoms with E-state index in [1.165, 1.54) is 0 Å². The second-order valence-electron chi connectivity index (χ2n) is 6.67. The lowest BCUT2D eigenvalue weighted by Gasteiger charge is -2.32. The minimum Gasteiger partial charge on any atom is -0.342 e. The number of piperidine rings is 1. The summed E-state index contributed by atoms with van der Waals surface area (Å²) in [6.07, 6.45) is 3.56. The fraction of sp³-hybridized carbons (Fsp3) is 0.588. The Labute approximate surface area is 140 Å². The van der Waals surface area contributed by atoms with Gasteiger partial charge in [0.1, 0.15) is 0 Å². The van der Waals surface area contributed by atoms with Gasteiger partial charge in [0.05, 0.1) is 0 Å². The van der Waals surface area contributed by atoms with E-state index >= 15 is 0 Å². The number of likely N-dealkylation sites (tertiary alicyclic amines) is 1. The third-order valence-corrected chi connectivity index (χ3v) is 4.85. The van der Waals surface area contributed by atoms with E-state index in [-0.39, 0.29) is 5.91 Å². The number of rotatable bonds is 5. The van der Waals surface area contributed by atoms with Crippen molar-refractivity contribution in [3.05, 3.63) is 22.7 Å². The quantitative estimate of drug-likeness (QED) is 0.838. The lowest BCUT2D eigenvalue weighted by molar-refractivity contribution is -0.133. The highest BCUT2D eigenvalue weighted by molar-refractivity contribution is 7.08. The minimum atomic E-state index is 0.272.